The SMILES string of the molecule is COc1cccc(C(=O)CN2CSc3ccccc32)c1. The first-order chi connectivity index (χ1) is 9.78. The third-order valence-electron chi connectivity index (χ3n) is 3.31. The van der Waals surface area contributed by atoms with Crippen LogP contribution in [0.15, 0.2) is 53.4 Å². The van der Waals surface area contributed by atoms with Gasteiger partial charge in [-0.3, -0.25) is 4.79 Å². The van der Waals surface area contributed by atoms with E-state index >= 15 is 0 Å². The standard InChI is InChI=1S/C16H15NO2S/c1-19-13-6-4-5-12(9-13)15(18)10-17-11-20-16-8-3-2-7-14(16)17/h2-9H,10-11H2,1H3. The monoisotopic (exact) mass is 285 g/mol. The fourth-order valence-electron chi connectivity index (χ4n) is 2.25. The minimum absolute atomic E-state index is 0.112. The number of nitrogens with zero attached hydrogens (tertiary/aromatic N) is 1. The smallest absolute Gasteiger partial charge is 0.182 e. The van der Waals surface area contributed by atoms with E-state index in [9.17, 15) is 4.79 Å². The number of ketones is 1. The summed E-state index contributed by atoms with van der Waals surface area (Å²) in [7, 11) is 1.61. The summed E-state index contributed by atoms with van der Waals surface area (Å²) in [6.45, 7) is 0.400. The molecule has 0 radical (unpaired) electrons. The third-order valence-corrected chi connectivity index (χ3v) is 4.41. The van der Waals surface area contributed by atoms with Crippen molar-refractivity contribution in [1.29, 1.82) is 0 Å². The Kier molecular flexibility index (Phi) is 3.65. The van der Waals surface area contributed by atoms with Gasteiger partial charge in [-0.1, -0.05) is 24.3 Å². The van der Waals surface area contributed by atoms with E-state index in [-0.39, 0.29) is 5.78 Å². The molecule has 0 fully saturated rings. The molecule has 1 aliphatic rings. The van der Waals surface area contributed by atoms with Crippen molar-refractivity contribution in [2.75, 3.05) is 24.4 Å². The van der Waals surface area contributed by atoms with Crippen molar-refractivity contribution in [3.05, 3.63) is 54.1 Å². The Hall–Kier alpha value is -1.94. The molecule has 20 heavy (non-hydrogen) atoms. The molecule has 2 aromatic rings. The van der Waals surface area contributed by atoms with Gasteiger partial charge in [-0.2, -0.15) is 0 Å². The predicted molar refractivity (Wildman–Crippen MR) is 81.8 cm³/mol. The summed E-state index contributed by atoms with van der Waals surface area (Å²) in [5.41, 5.74) is 1.84. The molecule has 0 aromatic heterocycles. The second-order valence-electron chi connectivity index (χ2n) is 4.59. The molecule has 3 nitrogen and oxygen atoms in total. The van der Waals surface area contributed by atoms with E-state index in [1.807, 2.05) is 30.3 Å². The van der Waals surface area contributed by atoms with Gasteiger partial charge in [0.1, 0.15) is 5.75 Å². The molecule has 0 N–H and O–H groups in total. The van der Waals surface area contributed by atoms with E-state index < -0.39 is 0 Å². The number of methoxy groups -OCH3 is 1. The van der Waals surface area contributed by atoms with Crippen LogP contribution >= 0.6 is 11.8 Å². The Balaban J connectivity index is 1.77. The Labute approximate surface area is 122 Å². The minimum Gasteiger partial charge on any atom is -0.497 e. The molecule has 2 aromatic carbocycles. The zero-order chi connectivity index (χ0) is 13.9. The van der Waals surface area contributed by atoms with Gasteiger partial charge in [0.2, 0.25) is 0 Å². The number of hydrogen-bond acceptors (Lipinski definition) is 4. The molecule has 0 atom stereocenters. The normalized spacial score (nSPS) is 13.2. The molecule has 1 heterocycles. The van der Waals surface area contributed by atoms with E-state index in [0.29, 0.717) is 17.9 Å². The third kappa shape index (κ3) is 2.51. The lowest BCUT2D eigenvalue weighted by atomic mass is 10.1. The van der Waals surface area contributed by atoms with Crippen LogP contribution in [-0.4, -0.2) is 25.3 Å². The molecule has 0 bridgehead atoms. The van der Waals surface area contributed by atoms with Crippen molar-refractivity contribution in [3.63, 3.8) is 0 Å². The average Bonchev–Trinajstić information content (AvgIpc) is 2.90. The fourth-order valence-corrected chi connectivity index (χ4v) is 3.29. The second kappa shape index (κ2) is 5.59. The lowest BCUT2D eigenvalue weighted by molar-refractivity contribution is 0.1000. The van der Waals surface area contributed by atoms with Gasteiger partial charge in [0.05, 0.1) is 25.2 Å². The first-order valence-corrected chi connectivity index (χ1v) is 7.40. The van der Waals surface area contributed by atoms with Crippen LogP contribution < -0.4 is 9.64 Å². The van der Waals surface area contributed by atoms with Crippen molar-refractivity contribution < 1.29 is 9.53 Å². The quantitative estimate of drug-likeness (QED) is 0.805. The van der Waals surface area contributed by atoms with Crippen LogP contribution in [0.25, 0.3) is 0 Å². The number of carbonyl (C=O) groups excluding carboxylic acids is 1. The van der Waals surface area contributed by atoms with Crippen LogP contribution in [0.2, 0.25) is 0 Å². The van der Waals surface area contributed by atoms with Gasteiger partial charge in [0.25, 0.3) is 0 Å². The number of anilines is 1. The summed E-state index contributed by atoms with van der Waals surface area (Å²) >= 11 is 1.77. The lowest BCUT2D eigenvalue weighted by Crippen LogP contribution is -2.27. The first kappa shape index (κ1) is 13.1. The Morgan fingerprint density at radius 1 is 1.25 bits per heavy atom. The topological polar surface area (TPSA) is 29.5 Å². The molecule has 0 unspecified atom stereocenters. The molecular weight excluding hydrogens is 270 g/mol. The Bertz CT molecular complexity index is 642. The van der Waals surface area contributed by atoms with E-state index in [1.54, 1.807) is 24.9 Å². The Morgan fingerprint density at radius 2 is 2.10 bits per heavy atom. The molecule has 0 saturated heterocycles. The summed E-state index contributed by atoms with van der Waals surface area (Å²) in [5.74, 6) is 1.66. The summed E-state index contributed by atoms with van der Waals surface area (Å²) in [6.07, 6.45) is 0. The molecule has 0 amide bonds. The summed E-state index contributed by atoms with van der Waals surface area (Å²) in [6, 6.07) is 15.5. The van der Waals surface area contributed by atoms with Crippen LogP contribution in [0, 0.1) is 0 Å². The summed E-state index contributed by atoms with van der Waals surface area (Å²) < 4.78 is 5.16. The first-order valence-electron chi connectivity index (χ1n) is 6.42. The number of benzene rings is 2. The van der Waals surface area contributed by atoms with Gasteiger partial charge in [0.15, 0.2) is 5.78 Å². The fraction of sp³-hybridized carbons (Fsp3) is 0.188. The van der Waals surface area contributed by atoms with Gasteiger partial charge in [-0.25, -0.2) is 0 Å². The van der Waals surface area contributed by atoms with Gasteiger partial charge >= 0.3 is 0 Å². The highest BCUT2D eigenvalue weighted by Gasteiger charge is 2.21. The number of hydrogen-bond donors (Lipinski definition) is 0. The molecular formula is C16H15NO2S. The number of Topliss-reactive ketones (excluding diaryl/α,β-unsaturated/α-hetero) is 1. The van der Waals surface area contributed by atoms with Crippen LogP contribution in [0.1, 0.15) is 10.4 Å². The van der Waals surface area contributed by atoms with Gasteiger partial charge in [-0.05, 0) is 24.3 Å². The molecule has 0 saturated carbocycles. The van der Waals surface area contributed by atoms with Gasteiger partial charge < -0.3 is 9.64 Å². The van der Waals surface area contributed by atoms with Crippen molar-refractivity contribution in [2.24, 2.45) is 0 Å². The number of thioether (sulfide) groups is 1. The van der Waals surface area contributed by atoms with E-state index in [1.165, 1.54) is 4.90 Å². The maximum atomic E-state index is 12.4. The molecule has 3 rings (SSSR count). The van der Waals surface area contributed by atoms with Crippen LogP contribution in [0.3, 0.4) is 0 Å². The van der Waals surface area contributed by atoms with Crippen molar-refractivity contribution in [2.45, 2.75) is 4.90 Å². The highest BCUT2D eigenvalue weighted by molar-refractivity contribution is 7.99. The van der Waals surface area contributed by atoms with E-state index in [4.69, 9.17) is 4.74 Å². The van der Waals surface area contributed by atoms with E-state index in [2.05, 4.69) is 17.0 Å². The molecule has 0 spiro atoms. The molecule has 102 valence electrons. The maximum absolute atomic E-state index is 12.4. The minimum atomic E-state index is 0.112. The van der Waals surface area contributed by atoms with Gasteiger partial charge in [-0.15, -0.1) is 11.8 Å². The van der Waals surface area contributed by atoms with Crippen LogP contribution in [0.5, 0.6) is 5.75 Å². The van der Waals surface area contributed by atoms with E-state index in [0.717, 1.165) is 11.6 Å². The number of carbonyl (C=O) groups is 1. The highest BCUT2D eigenvalue weighted by Crippen LogP contribution is 2.37. The number of fused-ring (bicyclic) bond motifs is 1. The molecule has 0 aliphatic carbocycles. The van der Waals surface area contributed by atoms with Crippen LogP contribution in [0.4, 0.5) is 5.69 Å². The average molecular weight is 285 g/mol. The molecule has 4 heteroatoms. The van der Waals surface area contributed by atoms with Gasteiger partial charge in [0, 0.05) is 10.5 Å². The zero-order valence-corrected chi connectivity index (χ0v) is 12.0. The number of para-hydroxylation sites is 1. The zero-order valence-electron chi connectivity index (χ0n) is 11.2. The number of ether oxygens (including phenoxy) is 1. The summed E-state index contributed by atoms with van der Waals surface area (Å²) in [5, 5.41) is 0. The highest BCUT2D eigenvalue weighted by atomic mass is 32.2. The van der Waals surface area contributed by atoms with Crippen molar-refractivity contribution >= 4 is 23.2 Å². The number of rotatable bonds is 4. The Morgan fingerprint density at radius 3 is 2.95 bits per heavy atom. The maximum Gasteiger partial charge on any atom is 0.182 e. The predicted octanol–water partition coefficient (Wildman–Crippen LogP) is 3.45. The van der Waals surface area contributed by atoms with Crippen molar-refractivity contribution in [3.8, 4) is 5.75 Å². The lowest BCUT2D eigenvalue weighted by Gasteiger charge is -2.17. The summed E-state index contributed by atoms with van der Waals surface area (Å²) in [4.78, 5) is 15.7. The van der Waals surface area contributed by atoms with Crippen molar-refractivity contribution in [1.82, 2.24) is 0 Å². The molecule has 1 aliphatic heterocycles. The van der Waals surface area contributed by atoms with Crippen LogP contribution in [-0.2, 0) is 0 Å². The largest absolute Gasteiger partial charge is 0.497 e. The second-order valence-corrected chi connectivity index (χ2v) is 5.58.